The number of hydrogen-bond acceptors (Lipinski definition) is 6. The summed E-state index contributed by atoms with van der Waals surface area (Å²) in [5, 5.41) is 0. The second-order valence-corrected chi connectivity index (χ2v) is 15.3. The fourth-order valence-corrected chi connectivity index (χ4v) is 10.7. The van der Waals surface area contributed by atoms with Gasteiger partial charge in [-0.1, -0.05) is 54.4 Å². The molecule has 40 heavy (non-hydrogen) atoms. The van der Waals surface area contributed by atoms with Gasteiger partial charge < -0.3 is 9.47 Å². The van der Waals surface area contributed by atoms with Crippen LogP contribution in [0.3, 0.4) is 0 Å². The van der Waals surface area contributed by atoms with Gasteiger partial charge in [-0.2, -0.15) is 0 Å². The Bertz CT molecular complexity index is 1220. The van der Waals surface area contributed by atoms with Crippen LogP contribution in [-0.2, 0) is 28.7 Å². The van der Waals surface area contributed by atoms with Gasteiger partial charge in [0.1, 0.15) is 5.78 Å². The van der Waals surface area contributed by atoms with Crippen molar-refractivity contribution in [2.45, 2.75) is 106 Å². The Labute approximate surface area is 239 Å². The van der Waals surface area contributed by atoms with Crippen LogP contribution < -0.4 is 0 Å². The molecule has 0 amide bonds. The Morgan fingerprint density at radius 3 is 1.93 bits per heavy atom. The predicted molar refractivity (Wildman–Crippen MR) is 152 cm³/mol. The van der Waals surface area contributed by atoms with Gasteiger partial charge in [-0.05, 0) is 88.7 Å². The van der Waals surface area contributed by atoms with E-state index in [2.05, 4.69) is 41.5 Å². The summed E-state index contributed by atoms with van der Waals surface area (Å²) in [6.45, 7) is 13.4. The van der Waals surface area contributed by atoms with Crippen molar-refractivity contribution < 1.29 is 28.7 Å². The van der Waals surface area contributed by atoms with Gasteiger partial charge >= 0.3 is 11.9 Å². The van der Waals surface area contributed by atoms with E-state index >= 15 is 0 Å². The van der Waals surface area contributed by atoms with E-state index in [1.165, 1.54) is 14.2 Å². The summed E-state index contributed by atoms with van der Waals surface area (Å²) in [5.74, 6) is -1.65. The first-order chi connectivity index (χ1) is 18.6. The molecular weight excluding hydrogens is 504 g/mol. The van der Waals surface area contributed by atoms with Crippen molar-refractivity contribution in [1.29, 1.82) is 0 Å². The average Bonchev–Trinajstić information content (AvgIpc) is 2.88. The van der Waals surface area contributed by atoms with Gasteiger partial charge in [0, 0.05) is 18.9 Å². The quantitative estimate of drug-likeness (QED) is 0.285. The number of ether oxygens (including phenoxy) is 2. The molecule has 0 radical (unpaired) electrons. The van der Waals surface area contributed by atoms with Crippen LogP contribution in [0.15, 0.2) is 22.8 Å². The first kappa shape index (κ1) is 29.3. The molecule has 0 aromatic rings. The predicted octanol–water partition coefficient (Wildman–Crippen LogP) is 6.56. The minimum atomic E-state index is -1.23. The van der Waals surface area contributed by atoms with E-state index in [-0.39, 0.29) is 34.2 Å². The van der Waals surface area contributed by atoms with Crippen molar-refractivity contribution in [2.75, 3.05) is 14.2 Å². The van der Waals surface area contributed by atoms with E-state index < -0.39 is 34.1 Å². The minimum absolute atomic E-state index is 0.00953. The molecule has 6 nitrogen and oxygen atoms in total. The molecule has 0 bridgehead atoms. The number of Topliss-reactive ketones (excluding diaryl/α,β-unsaturated/α-hetero) is 2. The van der Waals surface area contributed by atoms with Gasteiger partial charge in [0.25, 0.3) is 0 Å². The van der Waals surface area contributed by atoms with E-state index in [1.54, 1.807) is 6.08 Å². The molecule has 4 unspecified atom stereocenters. The van der Waals surface area contributed by atoms with Gasteiger partial charge in [0.2, 0.25) is 0 Å². The molecule has 0 heterocycles. The van der Waals surface area contributed by atoms with Crippen molar-refractivity contribution in [3.63, 3.8) is 0 Å². The van der Waals surface area contributed by atoms with Crippen molar-refractivity contribution in [3.05, 3.63) is 22.8 Å². The molecule has 0 aromatic heterocycles. The molecule has 0 N–H and O–H groups in total. The number of ketones is 2. The highest BCUT2D eigenvalue weighted by Gasteiger charge is 2.69. The Morgan fingerprint density at radius 2 is 1.35 bits per heavy atom. The van der Waals surface area contributed by atoms with Crippen LogP contribution >= 0.6 is 0 Å². The number of carbonyl (C=O) groups is 4. The molecule has 220 valence electrons. The third-order valence-electron chi connectivity index (χ3n) is 12.6. The standard InChI is InChI=1S/C34H48O6/c1-30(2)13-10-15-33(6)22(30)17-21(35)20-11-16-34(28(27(20)33)29(38)40-8)24(19-26(37)39-7)32(5)14-9-12-31(3,4)23(32)18-25(34)36/h19,22-23,28H,9-18H2,1-8H3/b24-19+/t22?,23?,28?,32-,33+,34?/m0/s1. The molecule has 0 aliphatic heterocycles. The highest BCUT2D eigenvalue weighted by atomic mass is 16.5. The van der Waals surface area contributed by atoms with Gasteiger partial charge in [0.05, 0.1) is 25.6 Å². The topological polar surface area (TPSA) is 86.7 Å². The zero-order valence-electron chi connectivity index (χ0n) is 25.8. The second kappa shape index (κ2) is 9.39. The third-order valence-corrected chi connectivity index (χ3v) is 12.6. The largest absolute Gasteiger partial charge is 0.469 e. The number of methoxy groups -OCH3 is 2. The molecule has 5 aliphatic rings. The van der Waals surface area contributed by atoms with Crippen molar-refractivity contribution in [2.24, 2.45) is 44.8 Å². The van der Waals surface area contributed by atoms with Gasteiger partial charge in [-0.3, -0.25) is 14.4 Å². The summed E-state index contributed by atoms with van der Waals surface area (Å²) in [5.41, 5.74) is 0.0427. The smallest absolute Gasteiger partial charge is 0.330 e. The second-order valence-electron chi connectivity index (χ2n) is 15.3. The van der Waals surface area contributed by atoms with Crippen LogP contribution in [0.25, 0.3) is 0 Å². The normalized spacial score (nSPS) is 41.2. The zero-order valence-corrected chi connectivity index (χ0v) is 25.8. The maximum atomic E-state index is 14.8. The molecule has 0 saturated heterocycles. The third kappa shape index (κ3) is 3.86. The number of esters is 2. The lowest BCUT2D eigenvalue weighted by atomic mass is 9.38. The lowest BCUT2D eigenvalue weighted by molar-refractivity contribution is -0.161. The number of allylic oxidation sites excluding steroid dienone is 2. The minimum Gasteiger partial charge on any atom is -0.469 e. The van der Waals surface area contributed by atoms with Crippen LogP contribution in [0, 0.1) is 44.8 Å². The zero-order chi connectivity index (χ0) is 29.5. The van der Waals surface area contributed by atoms with Crippen molar-refractivity contribution in [3.8, 4) is 0 Å². The van der Waals surface area contributed by atoms with Crippen LogP contribution in [-0.4, -0.2) is 37.7 Å². The lowest BCUT2D eigenvalue weighted by Crippen LogP contribution is -2.62. The Balaban J connectivity index is 1.81. The van der Waals surface area contributed by atoms with Crippen molar-refractivity contribution in [1.82, 2.24) is 0 Å². The molecule has 5 aliphatic carbocycles. The summed E-state index contributed by atoms with van der Waals surface area (Å²) in [4.78, 5) is 55.8. The highest BCUT2D eigenvalue weighted by Crippen LogP contribution is 2.71. The maximum Gasteiger partial charge on any atom is 0.330 e. The summed E-state index contributed by atoms with van der Waals surface area (Å²) < 4.78 is 10.7. The Kier molecular flexibility index (Phi) is 6.87. The summed E-state index contributed by atoms with van der Waals surface area (Å²) >= 11 is 0. The lowest BCUT2D eigenvalue weighted by Gasteiger charge is -2.64. The summed E-state index contributed by atoms with van der Waals surface area (Å²) in [7, 11) is 2.74. The average molecular weight is 553 g/mol. The van der Waals surface area contributed by atoms with E-state index in [1.807, 2.05) is 0 Å². The highest BCUT2D eigenvalue weighted by molar-refractivity contribution is 6.03. The molecule has 5 rings (SSSR count). The SMILES string of the molecule is COC(=O)/C=C1/C2(CCC3=C(C2C(=O)OC)[C@]2(C)CCCC(C)(C)C2CC3=O)C(=O)CC2C(C)(C)CCC[C@]12C. The fraction of sp³-hybridized carbons (Fsp3) is 0.765. The van der Waals surface area contributed by atoms with Gasteiger partial charge in [-0.15, -0.1) is 0 Å². The molecule has 3 fully saturated rings. The van der Waals surface area contributed by atoms with Crippen molar-refractivity contribution >= 4 is 23.5 Å². The molecule has 1 spiro atoms. The Morgan fingerprint density at radius 1 is 0.775 bits per heavy atom. The molecular formula is C34H48O6. The van der Waals surface area contributed by atoms with E-state index in [4.69, 9.17) is 9.47 Å². The first-order valence-corrected chi connectivity index (χ1v) is 15.3. The summed E-state index contributed by atoms with van der Waals surface area (Å²) in [6.07, 6.45) is 8.89. The van der Waals surface area contributed by atoms with E-state index in [0.717, 1.165) is 55.2 Å². The molecule has 0 aromatic carbocycles. The van der Waals surface area contributed by atoms with Crippen LogP contribution in [0.4, 0.5) is 0 Å². The monoisotopic (exact) mass is 552 g/mol. The number of carbonyl (C=O) groups excluding carboxylic acids is 4. The number of fused-ring (bicyclic) bond motifs is 3. The fourth-order valence-electron chi connectivity index (χ4n) is 10.7. The maximum absolute atomic E-state index is 14.8. The first-order valence-electron chi connectivity index (χ1n) is 15.3. The number of hydrogen-bond donors (Lipinski definition) is 0. The molecule has 6 atom stereocenters. The molecule has 3 saturated carbocycles. The Hall–Kier alpha value is -2.24. The van der Waals surface area contributed by atoms with E-state index in [0.29, 0.717) is 25.7 Å². The van der Waals surface area contributed by atoms with Gasteiger partial charge in [-0.25, -0.2) is 4.79 Å². The van der Waals surface area contributed by atoms with Crippen LogP contribution in [0.2, 0.25) is 0 Å². The molecule has 6 heteroatoms. The van der Waals surface area contributed by atoms with Crippen LogP contribution in [0.5, 0.6) is 0 Å². The van der Waals surface area contributed by atoms with E-state index in [9.17, 15) is 19.2 Å². The summed E-state index contributed by atoms with van der Waals surface area (Å²) in [6, 6.07) is 0. The van der Waals surface area contributed by atoms with Crippen LogP contribution in [0.1, 0.15) is 106 Å². The number of rotatable bonds is 2. The van der Waals surface area contributed by atoms with Gasteiger partial charge in [0.15, 0.2) is 5.78 Å².